The zero-order chi connectivity index (χ0) is 29.9. The number of nitrogens with one attached hydrogen (secondary N) is 1. The Hall–Kier alpha value is -4.52. The van der Waals surface area contributed by atoms with Crippen LogP contribution in [0.25, 0.3) is 5.69 Å². The van der Waals surface area contributed by atoms with E-state index in [2.05, 4.69) is 15.5 Å². The summed E-state index contributed by atoms with van der Waals surface area (Å²) in [6.45, 7) is 0.301. The van der Waals surface area contributed by atoms with Crippen LogP contribution >= 0.6 is 11.8 Å². The van der Waals surface area contributed by atoms with Crippen molar-refractivity contribution in [2.75, 3.05) is 31.4 Å². The zero-order valence-electron chi connectivity index (χ0n) is 22.6. The van der Waals surface area contributed by atoms with E-state index in [9.17, 15) is 22.8 Å². The molecule has 4 aromatic rings. The van der Waals surface area contributed by atoms with E-state index in [1.807, 2.05) is 24.3 Å². The molecule has 13 heteroatoms. The molecule has 218 valence electrons. The number of carbonyl (C=O) groups excluding carboxylic acids is 2. The third-order valence-corrected chi connectivity index (χ3v) is 7.64. The number of ether oxygens (including phenoxy) is 2. The Morgan fingerprint density at radius 2 is 1.64 bits per heavy atom. The van der Waals surface area contributed by atoms with Crippen molar-refractivity contribution < 1.29 is 32.2 Å². The molecule has 2 amide bonds. The fourth-order valence-corrected chi connectivity index (χ4v) is 5.60. The standard InChI is InChI=1S/C29H26F3N5O4S/c1-40-22-12-7-13-23(41-2)26(22)37-24(16-33-27(39)19-9-4-5-10-20(19)29(30,31)32)34-35-28(37)42-17-25(38)36-15-14-18-8-3-6-11-21(18)36/h3-13H,14-17H2,1-2H3,(H,33,39). The molecule has 0 unspecified atom stereocenters. The molecule has 2 heterocycles. The van der Waals surface area contributed by atoms with E-state index >= 15 is 0 Å². The molecule has 0 atom stereocenters. The molecule has 1 aliphatic heterocycles. The molecule has 0 radical (unpaired) electrons. The van der Waals surface area contributed by atoms with E-state index in [0.29, 0.717) is 28.9 Å². The van der Waals surface area contributed by atoms with E-state index in [1.54, 1.807) is 27.7 Å². The van der Waals surface area contributed by atoms with Crippen molar-refractivity contribution in [3.63, 3.8) is 0 Å². The number of methoxy groups -OCH3 is 2. The van der Waals surface area contributed by atoms with Crippen molar-refractivity contribution in [2.45, 2.75) is 24.3 Å². The summed E-state index contributed by atoms with van der Waals surface area (Å²) >= 11 is 1.13. The summed E-state index contributed by atoms with van der Waals surface area (Å²) in [5.41, 5.74) is 0.820. The quantitative estimate of drug-likeness (QED) is 0.274. The summed E-state index contributed by atoms with van der Waals surface area (Å²) in [4.78, 5) is 27.8. The summed E-state index contributed by atoms with van der Waals surface area (Å²) in [5.74, 6) is -0.0322. The lowest BCUT2D eigenvalue weighted by molar-refractivity contribution is -0.138. The Labute approximate surface area is 243 Å². The predicted molar refractivity (Wildman–Crippen MR) is 150 cm³/mol. The van der Waals surface area contributed by atoms with Gasteiger partial charge < -0.3 is 19.7 Å². The number of benzene rings is 3. The monoisotopic (exact) mass is 597 g/mol. The van der Waals surface area contributed by atoms with Crippen LogP contribution < -0.4 is 19.7 Å². The van der Waals surface area contributed by atoms with Crippen LogP contribution in [0.15, 0.2) is 71.9 Å². The van der Waals surface area contributed by atoms with Gasteiger partial charge in [0, 0.05) is 12.2 Å². The molecule has 0 saturated carbocycles. The predicted octanol–water partition coefficient (Wildman–Crippen LogP) is 4.91. The van der Waals surface area contributed by atoms with Gasteiger partial charge in [0.25, 0.3) is 5.91 Å². The Morgan fingerprint density at radius 1 is 0.952 bits per heavy atom. The van der Waals surface area contributed by atoms with Crippen LogP contribution in [-0.4, -0.2) is 53.1 Å². The van der Waals surface area contributed by atoms with Crippen molar-refractivity contribution in [1.29, 1.82) is 0 Å². The highest BCUT2D eigenvalue weighted by Crippen LogP contribution is 2.37. The second kappa shape index (κ2) is 12.1. The normalized spacial score (nSPS) is 12.6. The summed E-state index contributed by atoms with van der Waals surface area (Å²) in [5, 5.41) is 11.3. The van der Waals surface area contributed by atoms with Crippen molar-refractivity contribution >= 4 is 29.3 Å². The highest BCUT2D eigenvalue weighted by molar-refractivity contribution is 7.99. The number of aromatic nitrogens is 3. The van der Waals surface area contributed by atoms with Crippen molar-refractivity contribution in [3.8, 4) is 17.2 Å². The van der Waals surface area contributed by atoms with E-state index in [1.165, 1.54) is 26.4 Å². The number of fused-ring (bicyclic) bond motifs is 1. The number of hydrogen-bond acceptors (Lipinski definition) is 7. The first kappa shape index (κ1) is 29.0. The minimum absolute atomic E-state index is 0.0370. The average Bonchev–Trinajstić information content (AvgIpc) is 3.61. The van der Waals surface area contributed by atoms with Crippen molar-refractivity contribution in [2.24, 2.45) is 0 Å². The first-order valence-electron chi connectivity index (χ1n) is 12.8. The maximum Gasteiger partial charge on any atom is 0.417 e. The minimum Gasteiger partial charge on any atom is -0.494 e. The van der Waals surface area contributed by atoms with Gasteiger partial charge in [-0.15, -0.1) is 10.2 Å². The lowest BCUT2D eigenvalue weighted by atomic mass is 10.1. The van der Waals surface area contributed by atoms with Gasteiger partial charge in [0.05, 0.1) is 37.6 Å². The van der Waals surface area contributed by atoms with Gasteiger partial charge in [0.15, 0.2) is 11.0 Å². The second-order valence-corrected chi connectivity index (χ2v) is 10.1. The summed E-state index contributed by atoms with van der Waals surface area (Å²) in [7, 11) is 2.94. The SMILES string of the molecule is COc1cccc(OC)c1-n1c(CNC(=O)c2ccccc2C(F)(F)F)nnc1SCC(=O)N1CCc2ccccc21. The molecule has 0 saturated heterocycles. The topological polar surface area (TPSA) is 98.6 Å². The van der Waals surface area contributed by atoms with Gasteiger partial charge in [0.2, 0.25) is 5.91 Å². The third kappa shape index (κ3) is 5.77. The second-order valence-electron chi connectivity index (χ2n) is 9.18. The van der Waals surface area contributed by atoms with Gasteiger partial charge >= 0.3 is 6.18 Å². The molecule has 0 bridgehead atoms. The fourth-order valence-electron chi connectivity index (χ4n) is 4.77. The fraction of sp³-hybridized carbons (Fsp3) is 0.241. The first-order valence-corrected chi connectivity index (χ1v) is 13.8. The maximum atomic E-state index is 13.5. The molecule has 1 aromatic heterocycles. The number of rotatable bonds is 9. The molecule has 1 N–H and O–H groups in total. The number of carbonyl (C=O) groups is 2. The Bertz CT molecular complexity index is 1600. The van der Waals surface area contributed by atoms with Crippen LogP contribution in [0.2, 0.25) is 0 Å². The van der Waals surface area contributed by atoms with Gasteiger partial charge in [-0.25, -0.2) is 0 Å². The largest absolute Gasteiger partial charge is 0.494 e. The molecule has 0 fully saturated rings. The zero-order valence-corrected chi connectivity index (χ0v) is 23.5. The van der Waals surface area contributed by atoms with Crippen LogP contribution in [0.1, 0.15) is 27.3 Å². The van der Waals surface area contributed by atoms with Crippen LogP contribution in [-0.2, 0) is 23.9 Å². The molecule has 0 spiro atoms. The van der Waals surface area contributed by atoms with Gasteiger partial charge in [-0.3, -0.25) is 14.2 Å². The number of alkyl halides is 3. The number of thioether (sulfide) groups is 1. The minimum atomic E-state index is -4.70. The Morgan fingerprint density at radius 3 is 2.36 bits per heavy atom. The van der Waals surface area contributed by atoms with Crippen LogP contribution in [0.4, 0.5) is 18.9 Å². The highest BCUT2D eigenvalue weighted by atomic mass is 32.2. The molecule has 1 aliphatic rings. The third-order valence-electron chi connectivity index (χ3n) is 6.72. The van der Waals surface area contributed by atoms with Gasteiger partial charge in [-0.05, 0) is 42.3 Å². The molecule has 3 aromatic carbocycles. The highest BCUT2D eigenvalue weighted by Gasteiger charge is 2.35. The summed E-state index contributed by atoms with van der Waals surface area (Å²) in [6.07, 6.45) is -3.94. The number of para-hydroxylation sites is 2. The van der Waals surface area contributed by atoms with Crippen LogP contribution in [0.5, 0.6) is 11.5 Å². The molecular formula is C29H26F3N5O4S. The average molecular weight is 598 g/mol. The van der Waals surface area contributed by atoms with Crippen molar-refractivity contribution in [3.05, 3.63) is 89.2 Å². The van der Waals surface area contributed by atoms with Gasteiger partial charge in [0.1, 0.15) is 17.2 Å². The van der Waals surface area contributed by atoms with E-state index in [0.717, 1.165) is 41.6 Å². The number of nitrogens with zero attached hydrogens (tertiary/aromatic N) is 4. The number of anilines is 1. The lowest BCUT2D eigenvalue weighted by Crippen LogP contribution is -2.30. The van der Waals surface area contributed by atoms with E-state index in [-0.39, 0.29) is 24.0 Å². The Balaban J connectivity index is 1.44. The smallest absolute Gasteiger partial charge is 0.417 e. The molecule has 42 heavy (non-hydrogen) atoms. The summed E-state index contributed by atoms with van der Waals surface area (Å²) < 4.78 is 53.2. The molecular weight excluding hydrogens is 571 g/mol. The molecule has 0 aliphatic carbocycles. The van der Waals surface area contributed by atoms with Crippen LogP contribution in [0.3, 0.4) is 0 Å². The number of hydrogen-bond donors (Lipinski definition) is 1. The lowest BCUT2D eigenvalue weighted by Gasteiger charge is -2.19. The Kier molecular flexibility index (Phi) is 8.39. The first-order chi connectivity index (χ1) is 20.2. The van der Waals surface area contributed by atoms with Gasteiger partial charge in [-0.1, -0.05) is 48.2 Å². The summed E-state index contributed by atoms with van der Waals surface area (Å²) in [6, 6.07) is 17.4. The van der Waals surface area contributed by atoms with E-state index < -0.39 is 23.2 Å². The van der Waals surface area contributed by atoms with Crippen LogP contribution in [0, 0.1) is 0 Å². The van der Waals surface area contributed by atoms with E-state index in [4.69, 9.17) is 9.47 Å². The van der Waals surface area contributed by atoms with Gasteiger partial charge in [-0.2, -0.15) is 13.2 Å². The molecule has 9 nitrogen and oxygen atoms in total. The molecule has 5 rings (SSSR count). The van der Waals surface area contributed by atoms with Crippen molar-refractivity contribution in [1.82, 2.24) is 20.1 Å². The maximum absolute atomic E-state index is 13.5. The number of halogens is 3. The number of amides is 2.